The van der Waals surface area contributed by atoms with E-state index in [1.54, 1.807) is 0 Å². The zero-order chi connectivity index (χ0) is 37.0. The number of nitrogens with zero attached hydrogens (tertiary/aromatic N) is 7. The first-order valence-electron chi connectivity index (χ1n) is 18.9. The molecule has 0 atom stereocenters. The summed E-state index contributed by atoms with van der Waals surface area (Å²) in [5, 5.41) is 3.52. The van der Waals surface area contributed by atoms with Crippen LogP contribution >= 0.6 is 0 Å². The van der Waals surface area contributed by atoms with Gasteiger partial charge in [-0.15, -0.1) is 0 Å². The molecule has 0 spiro atoms. The number of para-hydroxylation sites is 2. The largest absolute Gasteiger partial charge is 0.311 e. The van der Waals surface area contributed by atoms with Gasteiger partial charge >= 0.3 is 0 Å². The van der Waals surface area contributed by atoms with Crippen molar-refractivity contribution in [3.8, 4) is 56.4 Å². The normalized spacial score (nSPS) is 12.4. The van der Waals surface area contributed by atoms with E-state index in [1.165, 1.54) is 22.0 Å². The molecule has 264 valence electrons. The predicted molar refractivity (Wildman–Crippen MR) is 227 cm³/mol. The van der Waals surface area contributed by atoms with E-state index >= 15 is 0 Å². The molecule has 11 rings (SSSR count). The SMILES string of the molecule is C1=Nc2c(n(-c3ccc(-c4cccc(-c5ccc(-c6cc(-c7cccc(-n8c9ccccc9c9cnccc98)c7)ccn6)cn5)n4)cc3)c3ccccc23)CC1. The Morgan fingerprint density at radius 1 is 0.446 bits per heavy atom. The number of hydrogen-bond donors (Lipinski definition) is 0. The Labute approximate surface area is 323 Å². The lowest BCUT2D eigenvalue weighted by molar-refractivity contribution is 0.913. The Morgan fingerprint density at radius 3 is 2.09 bits per heavy atom. The second kappa shape index (κ2) is 13.1. The van der Waals surface area contributed by atoms with E-state index < -0.39 is 0 Å². The van der Waals surface area contributed by atoms with Crippen LogP contribution in [0.4, 0.5) is 5.69 Å². The van der Waals surface area contributed by atoms with Gasteiger partial charge in [-0.2, -0.15) is 0 Å². The Kier molecular flexibility index (Phi) is 7.48. The number of aliphatic imine (C=N–C) groups is 1. The lowest BCUT2D eigenvalue weighted by Gasteiger charge is -2.13. The fourth-order valence-electron chi connectivity index (χ4n) is 8.20. The maximum Gasteiger partial charge on any atom is 0.0917 e. The lowest BCUT2D eigenvalue weighted by atomic mass is 10.0. The third kappa shape index (κ3) is 5.32. The van der Waals surface area contributed by atoms with Crippen molar-refractivity contribution in [1.82, 2.24) is 29.1 Å². The van der Waals surface area contributed by atoms with Crippen molar-refractivity contribution >= 4 is 44.6 Å². The fraction of sp³-hybridized carbons (Fsp3) is 0.0408. The molecule has 56 heavy (non-hydrogen) atoms. The highest BCUT2D eigenvalue weighted by Gasteiger charge is 2.20. The molecule has 0 aliphatic carbocycles. The van der Waals surface area contributed by atoms with Gasteiger partial charge in [-0.1, -0.05) is 66.7 Å². The molecule has 4 aromatic carbocycles. The molecule has 7 heteroatoms. The lowest BCUT2D eigenvalue weighted by Crippen LogP contribution is -2.02. The number of hydrogen-bond acceptors (Lipinski definition) is 5. The molecule has 0 N–H and O–H groups in total. The summed E-state index contributed by atoms with van der Waals surface area (Å²) >= 11 is 0. The molecule has 0 saturated heterocycles. The zero-order valence-corrected chi connectivity index (χ0v) is 30.3. The summed E-state index contributed by atoms with van der Waals surface area (Å²) in [5.41, 5.74) is 15.6. The monoisotopic (exact) mass is 719 g/mol. The topological polar surface area (TPSA) is 73.8 Å². The Morgan fingerprint density at radius 2 is 1.21 bits per heavy atom. The Bertz CT molecular complexity index is 3080. The van der Waals surface area contributed by atoms with Crippen LogP contribution in [-0.2, 0) is 6.42 Å². The number of benzene rings is 4. The van der Waals surface area contributed by atoms with E-state index in [2.05, 4.69) is 142 Å². The fourth-order valence-corrected chi connectivity index (χ4v) is 8.20. The van der Waals surface area contributed by atoms with Crippen LogP contribution in [0, 0.1) is 0 Å². The van der Waals surface area contributed by atoms with Crippen LogP contribution < -0.4 is 0 Å². The summed E-state index contributed by atoms with van der Waals surface area (Å²) in [7, 11) is 0. The van der Waals surface area contributed by atoms with E-state index in [1.807, 2.05) is 49.2 Å². The van der Waals surface area contributed by atoms with Crippen molar-refractivity contribution in [3.05, 3.63) is 176 Å². The van der Waals surface area contributed by atoms with Crippen molar-refractivity contribution in [2.45, 2.75) is 12.8 Å². The van der Waals surface area contributed by atoms with Crippen LogP contribution in [0.3, 0.4) is 0 Å². The molecular formula is C49H33N7. The molecule has 0 saturated carbocycles. The first-order valence-corrected chi connectivity index (χ1v) is 18.9. The first-order chi connectivity index (χ1) is 27.8. The van der Waals surface area contributed by atoms with E-state index in [0.717, 1.165) is 91.4 Å². The molecule has 1 aliphatic heterocycles. The number of pyridine rings is 4. The second-order valence-corrected chi connectivity index (χ2v) is 14.1. The van der Waals surface area contributed by atoms with Gasteiger partial charge in [0.2, 0.25) is 0 Å². The molecular weight excluding hydrogens is 687 g/mol. The van der Waals surface area contributed by atoms with E-state index in [-0.39, 0.29) is 0 Å². The standard InChI is InChI=1S/C49H33N7/c1-3-14-45-38(10-1)40-31-50-26-24-47(40)56(45)37-9-5-8-33(28-37)34-23-27-51-44(29-34)35-19-22-42(53-30-35)43-13-6-12-41(54-43)32-17-20-36(21-18-32)55-46-15-4-2-11-39(46)49-48(55)16-7-25-52-49/h1-6,8-15,17-31H,7,16H2. The van der Waals surface area contributed by atoms with Gasteiger partial charge in [0.15, 0.2) is 0 Å². The minimum Gasteiger partial charge on any atom is -0.311 e. The average Bonchev–Trinajstić information content (AvgIpc) is 3.80. The van der Waals surface area contributed by atoms with Crippen LogP contribution in [0.1, 0.15) is 12.1 Å². The number of rotatable bonds is 6. The third-order valence-electron chi connectivity index (χ3n) is 10.8. The van der Waals surface area contributed by atoms with E-state index in [0.29, 0.717) is 0 Å². The van der Waals surface area contributed by atoms with Gasteiger partial charge in [0.25, 0.3) is 0 Å². The van der Waals surface area contributed by atoms with Gasteiger partial charge in [0.1, 0.15) is 0 Å². The molecule has 6 aromatic heterocycles. The number of fused-ring (bicyclic) bond motifs is 6. The minimum absolute atomic E-state index is 0.809. The van der Waals surface area contributed by atoms with Crippen molar-refractivity contribution in [3.63, 3.8) is 0 Å². The van der Waals surface area contributed by atoms with Crippen LogP contribution in [0.5, 0.6) is 0 Å². The maximum absolute atomic E-state index is 5.04. The van der Waals surface area contributed by atoms with E-state index in [9.17, 15) is 0 Å². The van der Waals surface area contributed by atoms with Crippen molar-refractivity contribution in [2.75, 3.05) is 0 Å². The van der Waals surface area contributed by atoms with Crippen molar-refractivity contribution in [1.29, 1.82) is 0 Å². The molecule has 0 bridgehead atoms. The quantitative estimate of drug-likeness (QED) is 0.171. The van der Waals surface area contributed by atoms with Gasteiger partial charge in [-0.3, -0.25) is 19.9 Å². The van der Waals surface area contributed by atoms with Gasteiger partial charge in [-0.05, 0) is 103 Å². The highest BCUT2D eigenvalue weighted by Crippen LogP contribution is 2.39. The number of aromatic nitrogens is 6. The second-order valence-electron chi connectivity index (χ2n) is 14.1. The van der Waals surface area contributed by atoms with Gasteiger partial charge in [0, 0.05) is 75.4 Å². The summed E-state index contributed by atoms with van der Waals surface area (Å²) in [6.07, 6.45) is 11.5. The zero-order valence-electron chi connectivity index (χ0n) is 30.3. The molecule has 7 nitrogen and oxygen atoms in total. The Hall–Kier alpha value is -7.51. The van der Waals surface area contributed by atoms with Gasteiger partial charge in [0.05, 0.1) is 45.0 Å². The molecule has 0 amide bonds. The highest BCUT2D eigenvalue weighted by molar-refractivity contribution is 6.09. The summed E-state index contributed by atoms with van der Waals surface area (Å²) < 4.78 is 4.67. The Balaban J connectivity index is 0.867. The van der Waals surface area contributed by atoms with E-state index in [4.69, 9.17) is 19.9 Å². The van der Waals surface area contributed by atoms with Crippen LogP contribution in [0.2, 0.25) is 0 Å². The maximum atomic E-state index is 5.04. The predicted octanol–water partition coefficient (Wildman–Crippen LogP) is 11.6. The van der Waals surface area contributed by atoms with Crippen molar-refractivity contribution in [2.24, 2.45) is 4.99 Å². The summed E-state index contributed by atoms with van der Waals surface area (Å²) in [6, 6.07) is 50.8. The smallest absolute Gasteiger partial charge is 0.0917 e. The summed E-state index contributed by atoms with van der Waals surface area (Å²) in [5.74, 6) is 0. The van der Waals surface area contributed by atoms with Gasteiger partial charge < -0.3 is 9.13 Å². The van der Waals surface area contributed by atoms with Crippen LogP contribution in [-0.4, -0.2) is 35.3 Å². The van der Waals surface area contributed by atoms with Gasteiger partial charge in [-0.25, -0.2) is 4.98 Å². The molecule has 0 fully saturated rings. The highest BCUT2D eigenvalue weighted by atomic mass is 15.0. The molecule has 0 unspecified atom stereocenters. The molecule has 10 aromatic rings. The summed E-state index contributed by atoms with van der Waals surface area (Å²) in [6.45, 7) is 0. The molecule has 0 radical (unpaired) electrons. The van der Waals surface area contributed by atoms with Crippen molar-refractivity contribution < 1.29 is 0 Å². The minimum atomic E-state index is 0.809. The third-order valence-corrected chi connectivity index (χ3v) is 10.8. The molecule has 7 heterocycles. The average molecular weight is 720 g/mol. The van der Waals surface area contributed by atoms with Crippen LogP contribution in [0.15, 0.2) is 175 Å². The summed E-state index contributed by atoms with van der Waals surface area (Å²) in [4.78, 5) is 23.8. The molecule has 1 aliphatic rings. The van der Waals surface area contributed by atoms with Crippen LogP contribution in [0.25, 0.3) is 89.1 Å². The first kappa shape index (κ1) is 32.0.